The first kappa shape index (κ1) is 19.4. The fraction of sp³-hybridized carbons (Fsp3) is 0.286. The molecule has 1 amide bonds. The number of benzene rings is 2. The Morgan fingerprint density at radius 3 is 2.38 bits per heavy atom. The third-order valence-electron chi connectivity index (χ3n) is 4.14. The molecule has 26 heavy (non-hydrogen) atoms. The van der Waals surface area contributed by atoms with E-state index in [0.717, 1.165) is 5.56 Å². The van der Waals surface area contributed by atoms with E-state index in [0.29, 0.717) is 5.56 Å². The van der Waals surface area contributed by atoms with Crippen molar-refractivity contribution in [3.8, 4) is 0 Å². The Balaban J connectivity index is 2.00. The number of carbonyl (C=O) groups is 1. The van der Waals surface area contributed by atoms with Crippen LogP contribution in [-0.4, -0.2) is 10.8 Å². The lowest BCUT2D eigenvalue weighted by Gasteiger charge is -2.20. The minimum Gasteiger partial charge on any atom is -0.346 e. The molecular weight excluding hydrogens is 328 g/mol. The highest BCUT2D eigenvalue weighted by Gasteiger charge is 2.14. The van der Waals surface area contributed by atoms with Crippen LogP contribution in [0.15, 0.2) is 54.6 Å². The maximum absolute atomic E-state index is 12.1. The SMILES string of the molecule is CC(NC(=O)/C=C/c1cccc([N+](=O)[O-])c1)c1ccc(C(C)(C)C)cc1. The summed E-state index contributed by atoms with van der Waals surface area (Å²) >= 11 is 0. The van der Waals surface area contributed by atoms with Gasteiger partial charge in [-0.2, -0.15) is 0 Å². The molecule has 0 radical (unpaired) electrons. The molecule has 1 atom stereocenters. The Bertz CT molecular complexity index is 818. The quantitative estimate of drug-likeness (QED) is 0.478. The lowest BCUT2D eigenvalue weighted by Crippen LogP contribution is -2.24. The molecule has 0 aliphatic heterocycles. The van der Waals surface area contributed by atoms with E-state index in [1.165, 1.54) is 23.8 Å². The Kier molecular flexibility index (Phi) is 5.93. The molecule has 2 aromatic carbocycles. The molecule has 0 aliphatic carbocycles. The van der Waals surface area contributed by atoms with Gasteiger partial charge >= 0.3 is 0 Å². The Morgan fingerprint density at radius 2 is 1.81 bits per heavy atom. The number of nitrogens with one attached hydrogen (secondary N) is 1. The monoisotopic (exact) mass is 352 g/mol. The zero-order chi connectivity index (χ0) is 19.3. The number of amides is 1. The van der Waals surface area contributed by atoms with Crippen molar-refractivity contribution in [3.63, 3.8) is 0 Å². The summed E-state index contributed by atoms with van der Waals surface area (Å²) in [6, 6.07) is 14.2. The van der Waals surface area contributed by atoms with Crippen molar-refractivity contribution in [1.29, 1.82) is 0 Å². The van der Waals surface area contributed by atoms with Gasteiger partial charge in [-0.3, -0.25) is 14.9 Å². The largest absolute Gasteiger partial charge is 0.346 e. The van der Waals surface area contributed by atoms with Crippen LogP contribution in [0.3, 0.4) is 0 Å². The van der Waals surface area contributed by atoms with E-state index < -0.39 is 4.92 Å². The van der Waals surface area contributed by atoms with E-state index in [2.05, 4.69) is 38.2 Å². The number of nitrogens with zero attached hydrogens (tertiary/aromatic N) is 1. The fourth-order valence-electron chi connectivity index (χ4n) is 2.53. The Morgan fingerprint density at radius 1 is 1.15 bits per heavy atom. The zero-order valence-electron chi connectivity index (χ0n) is 15.5. The standard InChI is InChI=1S/C21H24N2O3/c1-15(17-9-11-18(12-10-17)21(2,3)4)22-20(24)13-8-16-6-5-7-19(14-16)23(25)26/h5-15H,1-4H3,(H,22,24)/b13-8+. The number of carbonyl (C=O) groups excluding carboxylic acids is 1. The summed E-state index contributed by atoms with van der Waals surface area (Å²) in [6.45, 7) is 8.40. The summed E-state index contributed by atoms with van der Waals surface area (Å²) in [5.41, 5.74) is 2.96. The van der Waals surface area contributed by atoms with E-state index in [9.17, 15) is 14.9 Å². The highest BCUT2D eigenvalue weighted by Crippen LogP contribution is 2.24. The van der Waals surface area contributed by atoms with Gasteiger partial charge in [-0.15, -0.1) is 0 Å². The number of nitro benzene ring substituents is 1. The number of nitro groups is 1. The minimum atomic E-state index is -0.458. The predicted molar refractivity (Wildman–Crippen MR) is 104 cm³/mol. The molecule has 2 aromatic rings. The second kappa shape index (κ2) is 7.95. The molecule has 0 heterocycles. The van der Waals surface area contributed by atoms with Gasteiger partial charge in [0.2, 0.25) is 5.91 Å². The van der Waals surface area contributed by atoms with Gasteiger partial charge in [0.25, 0.3) is 5.69 Å². The second-order valence-corrected chi connectivity index (χ2v) is 7.29. The van der Waals surface area contributed by atoms with Crippen molar-refractivity contribution < 1.29 is 9.72 Å². The van der Waals surface area contributed by atoms with Crippen molar-refractivity contribution >= 4 is 17.7 Å². The van der Waals surface area contributed by atoms with E-state index >= 15 is 0 Å². The molecule has 0 bridgehead atoms. The molecule has 0 aromatic heterocycles. The molecule has 0 saturated heterocycles. The van der Waals surface area contributed by atoms with Crippen molar-refractivity contribution in [2.75, 3.05) is 0 Å². The van der Waals surface area contributed by atoms with Crippen LogP contribution < -0.4 is 5.32 Å². The molecular formula is C21H24N2O3. The Hall–Kier alpha value is -2.95. The van der Waals surface area contributed by atoms with Crippen LogP contribution in [0.4, 0.5) is 5.69 Å². The third-order valence-corrected chi connectivity index (χ3v) is 4.14. The van der Waals surface area contributed by atoms with Gasteiger partial charge in [-0.05, 0) is 35.1 Å². The van der Waals surface area contributed by atoms with Crippen molar-refractivity contribution in [1.82, 2.24) is 5.32 Å². The van der Waals surface area contributed by atoms with Crippen LogP contribution in [0.5, 0.6) is 0 Å². The van der Waals surface area contributed by atoms with E-state index in [1.54, 1.807) is 18.2 Å². The first-order valence-corrected chi connectivity index (χ1v) is 8.50. The summed E-state index contributed by atoms with van der Waals surface area (Å²) < 4.78 is 0. The van der Waals surface area contributed by atoms with Gasteiger partial charge in [0.1, 0.15) is 0 Å². The van der Waals surface area contributed by atoms with Gasteiger partial charge in [0, 0.05) is 18.2 Å². The van der Waals surface area contributed by atoms with E-state index in [4.69, 9.17) is 0 Å². The van der Waals surface area contributed by atoms with Gasteiger partial charge in [0.15, 0.2) is 0 Å². The fourth-order valence-corrected chi connectivity index (χ4v) is 2.53. The van der Waals surface area contributed by atoms with Gasteiger partial charge < -0.3 is 5.32 Å². The summed E-state index contributed by atoms with van der Waals surface area (Å²) in [4.78, 5) is 22.4. The van der Waals surface area contributed by atoms with Crippen LogP contribution in [0.2, 0.25) is 0 Å². The molecule has 0 spiro atoms. The predicted octanol–water partition coefficient (Wildman–Crippen LogP) is 4.78. The average molecular weight is 352 g/mol. The van der Waals surface area contributed by atoms with Crippen LogP contribution in [0.25, 0.3) is 6.08 Å². The maximum Gasteiger partial charge on any atom is 0.270 e. The normalized spacial score (nSPS) is 12.8. The summed E-state index contributed by atoms with van der Waals surface area (Å²) in [5, 5.41) is 13.7. The Labute approximate surface area is 153 Å². The highest BCUT2D eigenvalue weighted by molar-refractivity contribution is 5.92. The van der Waals surface area contributed by atoms with E-state index in [1.807, 2.05) is 19.1 Å². The molecule has 1 N–H and O–H groups in total. The van der Waals surface area contributed by atoms with Crippen LogP contribution in [-0.2, 0) is 10.2 Å². The highest BCUT2D eigenvalue weighted by atomic mass is 16.6. The van der Waals surface area contributed by atoms with Crippen molar-refractivity contribution in [3.05, 3.63) is 81.4 Å². The van der Waals surface area contributed by atoms with Gasteiger partial charge in [-0.25, -0.2) is 0 Å². The first-order chi connectivity index (χ1) is 12.2. The smallest absolute Gasteiger partial charge is 0.270 e. The number of non-ortho nitro benzene ring substituents is 1. The average Bonchev–Trinajstić information content (AvgIpc) is 2.59. The molecule has 0 aliphatic rings. The van der Waals surface area contributed by atoms with E-state index in [-0.39, 0.29) is 23.1 Å². The number of hydrogen-bond donors (Lipinski definition) is 1. The molecule has 0 fully saturated rings. The number of rotatable bonds is 5. The molecule has 1 unspecified atom stereocenters. The molecule has 5 nitrogen and oxygen atoms in total. The van der Waals surface area contributed by atoms with Gasteiger partial charge in [-0.1, -0.05) is 57.2 Å². The molecule has 0 saturated carbocycles. The maximum atomic E-state index is 12.1. The number of hydrogen-bond acceptors (Lipinski definition) is 3. The minimum absolute atomic E-state index is 0.000126. The van der Waals surface area contributed by atoms with Gasteiger partial charge in [0.05, 0.1) is 11.0 Å². The third kappa shape index (κ3) is 5.28. The summed E-state index contributed by atoms with van der Waals surface area (Å²) in [7, 11) is 0. The molecule has 136 valence electrons. The van der Waals surface area contributed by atoms with Crippen LogP contribution in [0.1, 0.15) is 50.4 Å². The molecule has 5 heteroatoms. The summed E-state index contributed by atoms with van der Waals surface area (Å²) in [6.07, 6.45) is 2.96. The van der Waals surface area contributed by atoms with Crippen LogP contribution in [0, 0.1) is 10.1 Å². The zero-order valence-corrected chi connectivity index (χ0v) is 15.5. The topological polar surface area (TPSA) is 72.2 Å². The molecule has 2 rings (SSSR count). The van der Waals surface area contributed by atoms with Crippen molar-refractivity contribution in [2.45, 2.75) is 39.2 Å². The lowest BCUT2D eigenvalue weighted by atomic mass is 9.86. The second-order valence-electron chi connectivity index (χ2n) is 7.29. The van der Waals surface area contributed by atoms with Crippen molar-refractivity contribution in [2.24, 2.45) is 0 Å². The lowest BCUT2D eigenvalue weighted by molar-refractivity contribution is -0.384. The summed E-state index contributed by atoms with van der Waals surface area (Å²) in [5.74, 6) is -0.246. The van der Waals surface area contributed by atoms with Crippen LogP contribution >= 0.6 is 0 Å². The first-order valence-electron chi connectivity index (χ1n) is 8.50.